The second-order valence-electron chi connectivity index (χ2n) is 5.83. The van der Waals surface area contributed by atoms with Crippen molar-refractivity contribution in [2.24, 2.45) is 0 Å². The van der Waals surface area contributed by atoms with Gasteiger partial charge in [-0.2, -0.15) is 0 Å². The van der Waals surface area contributed by atoms with E-state index in [1.54, 1.807) is 0 Å². The fraction of sp³-hybridized carbons (Fsp3) is 0.320. The maximum absolute atomic E-state index is 2.44. The van der Waals surface area contributed by atoms with Gasteiger partial charge in [-0.05, 0) is 0 Å². The zero-order chi connectivity index (χ0) is 21.2. The molecule has 0 bridgehead atoms. The Morgan fingerprint density at radius 3 is 2.38 bits per heavy atom. The van der Waals surface area contributed by atoms with E-state index < -0.39 is 0 Å². The van der Waals surface area contributed by atoms with Gasteiger partial charge in [-0.1, -0.05) is 27.7 Å². The summed E-state index contributed by atoms with van der Waals surface area (Å²) in [5.74, 6) is 0. The van der Waals surface area contributed by atoms with Crippen LogP contribution in [0.5, 0.6) is 0 Å². The molecular weight excluding hydrogens is 439 g/mol. The number of fused-ring (bicyclic) bond motifs is 2. The number of rotatable bonds is 4. The normalized spacial score (nSPS) is 13.9. The fourth-order valence-electron chi connectivity index (χ4n) is 3.22. The number of anilines is 1. The van der Waals surface area contributed by atoms with Gasteiger partial charge in [0.05, 0.1) is 0 Å². The topological polar surface area (TPSA) is 7.12 Å². The van der Waals surface area contributed by atoms with Gasteiger partial charge in [0.25, 0.3) is 0 Å². The molecule has 4 heteroatoms. The van der Waals surface area contributed by atoms with Crippen molar-refractivity contribution in [3.63, 3.8) is 0 Å². The van der Waals surface area contributed by atoms with Crippen LogP contribution < -0.4 is 9.47 Å². The van der Waals surface area contributed by atoms with Crippen LogP contribution in [0.1, 0.15) is 46.1 Å². The van der Waals surface area contributed by atoms with Gasteiger partial charge in [0.15, 0.2) is 0 Å². The molecule has 0 saturated heterocycles. The second-order valence-corrected chi connectivity index (χ2v) is 9.12. The van der Waals surface area contributed by atoms with Gasteiger partial charge in [-0.25, -0.2) is 0 Å². The third-order valence-corrected chi connectivity index (χ3v) is 7.89. The molecule has 0 aliphatic carbocycles. The number of allylic oxidation sites excluding steroid dienone is 2. The number of para-hydroxylation sites is 2. The molecule has 0 fully saturated rings. The number of aryl methyl sites for hydroxylation is 1. The van der Waals surface area contributed by atoms with Gasteiger partial charge < -0.3 is 0 Å². The molecule has 1 aliphatic heterocycles. The molecule has 0 unspecified atom stereocenters. The molecule has 2 heterocycles. The Kier molecular flexibility index (Phi) is 9.80. The molecule has 2 aromatic carbocycles. The number of benzene rings is 2. The number of nitrogens with zero attached hydrogens (tertiary/aromatic N) is 2. The van der Waals surface area contributed by atoms with Crippen molar-refractivity contribution < 1.29 is 4.57 Å². The first kappa shape index (κ1) is 23.5. The van der Waals surface area contributed by atoms with Crippen molar-refractivity contribution in [1.82, 2.24) is 0 Å². The molecular formula is C25H33N2SSe+. The monoisotopic (exact) mass is 473 g/mol. The zero-order valence-electron chi connectivity index (χ0n) is 18.5. The first-order valence-corrected chi connectivity index (χ1v) is 13.2. The van der Waals surface area contributed by atoms with Crippen molar-refractivity contribution in [3.8, 4) is 0 Å². The molecule has 29 heavy (non-hydrogen) atoms. The molecule has 3 aromatic rings. The van der Waals surface area contributed by atoms with Crippen LogP contribution in [0.15, 0.2) is 70.6 Å². The number of hydrogen-bond donors (Lipinski definition) is 0. The molecule has 0 radical (unpaired) electrons. The van der Waals surface area contributed by atoms with Gasteiger partial charge in [-0.15, -0.1) is 0 Å². The van der Waals surface area contributed by atoms with E-state index in [1.807, 2.05) is 39.5 Å². The van der Waals surface area contributed by atoms with Gasteiger partial charge in [0.1, 0.15) is 0 Å². The summed E-state index contributed by atoms with van der Waals surface area (Å²) in [5.41, 5.74) is 2.71. The minimum atomic E-state index is 0.401. The first-order valence-electron chi connectivity index (χ1n) is 10.7. The fourth-order valence-corrected chi connectivity index (χ4v) is 6.75. The number of aromatic nitrogens is 1. The van der Waals surface area contributed by atoms with E-state index in [-0.39, 0.29) is 0 Å². The molecule has 0 amide bonds. The third kappa shape index (κ3) is 5.25. The molecule has 0 atom stereocenters. The average Bonchev–Trinajstić information content (AvgIpc) is 3.33. The summed E-state index contributed by atoms with van der Waals surface area (Å²) in [4.78, 5) is 3.74. The van der Waals surface area contributed by atoms with Gasteiger partial charge >= 0.3 is 159 Å². The minimum absolute atomic E-state index is 0.401. The van der Waals surface area contributed by atoms with Gasteiger partial charge in [0, 0.05) is 0 Å². The van der Waals surface area contributed by atoms with E-state index >= 15 is 0 Å². The zero-order valence-corrected chi connectivity index (χ0v) is 21.0. The van der Waals surface area contributed by atoms with Crippen molar-refractivity contribution >= 4 is 47.8 Å². The average molecular weight is 473 g/mol. The van der Waals surface area contributed by atoms with E-state index in [0.29, 0.717) is 14.5 Å². The molecule has 0 saturated carbocycles. The van der Waals surface area contributed by atoms with Crippen LogP contribution in [0.3, 0.4) is 0 Å². The van der Waals surface area contributed by atoms with Gasteiger partial charge in [-0.3, -0.25) is 0 Å². The summed E-state index contributed by atoms with van der Waals surface area (Å²) in [5, 5.41) is 1.31. The Labute approximate surface area is 186 Å². The summed E-state index contributed by atoms with van der Waals surface area (Å²) in [7, 11) is 0. The summed E-state index contributed by atoms with van der Waals surface area (Å²) < 4.78 is 5.37. The van der Waals surface area contributed by atoms with E-state index in [9.17, 15) is 0 Å². The van der Waals surface area contributed by atoms with E-state index in [2.05, 4.69) is 90.1 Å². The molecule has 0 spiro atoms. The van der Waals surface area contributed by atoms with Crippen molar-refractivity contribution in [3.05, 3.63) is 70.3 Å². The van der Waals surface area contributed by atoms with Crippen molar-refractivity contribution in [2.45, 2.75) is 53.0 Å². The number of hydrogen-bond acceptors (Lipinski definition) is 2. The van der Waals surface area contributed by atoms with Crippen LogP contribution in [0, 0.1) is 0 Å². The summed E-state index contributed by atoms with van der Waals surface area (Å²) in [6.45, 7) is 14.5. The van der Waals surface area contributed by atoms with Crippen LogP contribution in [-0.2, 0) is 6.54 Å². The Morgan fingerprint density at radius 2 is 1.66 bits per heavy atom. The third-order valence-electron chi connectivity index (χ3n) is 4.38. The Hall–Kier alpha value is -1.74. The molecule has 154 valence electrons. The van der Waals surface area contributed by atoms with E-state index in [0.717, 1.165) is 13.1 Å². The Morgan fingerprint density at radius 1 is 0.966 bits per heavy atom. The number of thioether (sulfide) groups is 1. The summed E-state index contributed by atoms with van der Waals surface area (Å²) in [6, 6.07) is 17.4. The van der Waals surface area contributed by atoms with Crippen LogP contribution in [0.4, 0.5) is 5.69 Å². The van der Waals surface area contributed by atoms with Crippen molar-refractivity contribution in [1.29, 1.82) is 0 Å². The van der Waals surface area contributed by atoms with Crippen LogP contribution in [-0.4, -0.2) is 21.0 Å². The predicted octanol–water partition coefficient (Wildman–Crippen LogP) is 6.74. The standard InChI is InChI=1S/C21H21N2SSe.2C2H6/c1-3-22-16-10-5-7-12-18(16)24-20(22)14-9-15-21-23(4-2)17-11-6-8-13-19(17)25-21;2*1-2/h5-15H,3-4H2,1-2H3;2*1-2H3/q+1;;. The Balaban J connectivity index is 0.000000707. The van der Waals surface area contributed by atoms with Crippen molar-refractivity contribution in [2.75, 3.05) is 11.4 Å². The Bertz CT molecular complexity index is 972. The molecule has 1 aliphatic rings. The maximum atomic E-state index is 2.44. The van der Waals surface area contributed by atoms with Crippen LogP contribution >= 0.6 is 11.8 Å². The van der Waals surface area contributed by atoms with Gasteiger partial charge in [0.2, 0.25) is 0 Å². The molecule has 1 aromatic heterocycles. The molecule has 4 rings (SSSR count). The predicted molar refractivity (Wildman–Crippen MR) is 132 cm³/mol. The first-order chi connectivity index (χ1) is 14.3. The van der Waals surface area contributed by atoms with E-state index in [4.69, 9.17) is 0 Å². The second kappa shape index (κ2) is 12.1. The SMILES string of the molecule is CC.CC.CCN1/C(=C/C=C/c2[se]c3ccccc3[n+]2CC)Sc2ccccc21. The summed E-state index contributed by atoms with van der Waals surface area (Å²) >= 11 is 2.26. The quantitative estimate of drug-likeness (QED) is 0.307. The van der Waals surface area contributed by atoms with Crippen LogP contribution in [0.2, 0.25) is 0 Å². The molecule has 0 N–H and O–H groups in total. The van der Waals surface area contributed by atoms with E-state index in [1.165, 1.54) is 30.0 Å². The van der Waals surface area contributed by atoms with Crippen LogP contribution in [0.25, 0.3) is 15.9 Å². The molecule has 2 nitrogen and oxygen atoms in total. The summed E-state index contributed by atoms with van der Waals surface area (Å²) in [6.07, 6.45) is 6.78.